The summed E-state index contributed by atoms with van der Waals surface area (Å²) in [5, 5.41) is 7.02. The Labute approximate surface area is 106 Å². The van der Waals surface area contributed by atoms with Gasteiger partial charge in [0, 0.05) is 12.7 Å². The van der Waals surface area contributed by atoms with Crippen LogP contribution in [0, 0.1) is 13.8 Å². The SMILES string of the molecule is CCC(NC(=O)c1c(C)nn(C)c1C)C(N)=S. The average Bonchev–Trinajstić information content (AvgIpc) is 2.49. The second kappa shape index (κ2) is 5.27. The van der Waals surface area contributed by atoms with E-state index in [1.165, 1.54) is 0 Å². The second-order valence-electron chi connectivity index (χ2n) is 4.01. The number of nitrogens with two attached hydrogens (primary N) is 1. The van der Waals surface area contributed by atoms with Crippen molar-refractivity contribution in [3.8, 4) is 0 Å². The van der Waals surface area contributed by atoms with E-state index < -0.39 is 0 Å². The van der Waals surface area contributed by atoms with Crippen LogP contribution in [0.4, 0.5) is 0 Å². The lowest BCUT2D eigenvalue weighted by Crippen LogP contribution is -2.43. The van der Waals surface area contributed by atoms with Crippen molar-refractivity contribution in [2.75, 3.05) is 0 Å². The van der Waals surface area contributed by atoms with Crippen molar-refractivity contribution < 1.29 is 4.79 Å². The summed E-state index contributed by atoms with van der Waals surface area (Å²) >= 11 is 4.90. The minimum Gasteiger partial charge on any atom is -0.392 e. The Hall–Kier alpha value is -1.43. The zero-order valence-corrected chi connectivity index (χ0v) is 11.4. The number of hydrogen-bond acceptors (Lipinski definition) is 3. The summed E-state index contributed by atoms with van der Waals surface area (Å²) in [6.45, 7) is 5.59. The molecule has 0 bridgehead atoms. The smallest absolute Gasteiger partial charge is 0.255 e. The van der Waals surface area contributed by atoms with Crippen LogP contribution in [0.3, 0.4) is 0 Å². The first kappa shape index (κ1) is 13.6. The van der Waals surface area contributed by atoms with Gasteiger partial charge in [0.25, 0.3) is 5.91 Å². The van der Waals surface area contributed by atoms with Gasteiger partial charge in [-0.25, -0.2) is 0 Å². The molecule has 0 radical (unpaired) electrons. The van der Waals surface area contributed by atoms with Crippen LogP contribution >= 0.6 is 12.2 Å². The molecule has 0 aliphatic heterocycles. The van der Waals surface area contributed by atoms with Crippen LogP contribution < -0.4 is 11.1 Å². The third kappa shape index (κ3) is 2.82. The van der Waals surface area contributed by atoms with E-state index in [0.717, 1.165) is 5.69 Å². The van der Waals surface area contributed by atoms with Crippen molar-refractivity contribution in [2.45, 2.75) is 33.2 Å². The predicted molar refractivity (Wildman–Crippen MR) is 71.0 cm³/mol. The fourth-order valence-corrected chi connectivity index (χ4v) is 1.93. The standard InChI is InChI=1S/C11H18N4OS/c1-5-8(10(12)17)13-11(16)9-6(2)14-15(4)7(9)3/h8H,5H2,1-4H3,(H2,12,17)(H,13,16). The zero-order valence-electron chi connectivity index (χ0n) is 10.6. The van der Waals surface area contributed by atoms with Gasteiger partial charge in [-0.15, -0.1) is 0 Å². The van der Waals surface area contributed by atoms with E-state index in [9.17, 15) is 4.79 Å². The van der Waals surface area contributed by atoms with Crippen LogP contribution in [-0.2, 0) is 7.05 Å². The van der Waals surface area contributed by atoms with Gasteiger partial charge >= 0.3 is 0 Å². The van der Waals surface area contributed by atoms with Crippen LogP contribution in [0.2, 0.25) is 0 Å². The molecule has 17 heavy (non-hydrogen) atoms. The number of hydrogen-bond donors (Lipinski definition) is 2. The molecule has 3 N–H and O–H groups in total. The minimum absolute atomic E-state index is 0.173. The molecular formula is C11H18N4OS. The minimum atomic E-state index is -0.267. The van der Waals surface area contributed by atoms with Gasteiger partial charge in [0.2, 0.25) is 0 Å². The first-order valence-electron chi connectivity index (χ1n) is 5.48. The fourth-order valence-electron chi connectivity index (χ4n) is 1.71. The maximum atomic E-state index is 12.1. The van der Waals surface area contributed by atoms with E-state index >= 15 is 0 Å². The van der Waals surface area contributed by atoms with Crippen LogP contribution in [0.15, 0.2) is 0 Å². The van der Waals surface area contributed by atoms with Crippen molar-refractivity contribution in [3.05, 3.63) is 17.0 Å². The van der Waals surface area contributed by atoms with Gasteiger partial charge in [0.15, 0.2) is 0 Å². The molecule has 0 aromatic carbocycles. The highest BCUT2D eigenvalue weighted by atomic mass is 32.1. The Morgan fingerprint density at radius 3 is 2.53 bits per heavy atom. The van der Waals surface area contributed by atoms with Gasteiger partial charge in [-0.2, -0.15) is 5.10 Å². The molecule has 0 saturated carbocycles. The predicted octanol–water partition coefficient (Wildman–Crippen LogP) is 0.831. The number of aryl methyl sites for hydroxylation is 2. The number of nitrogens with zero attached hydrogens (tertiary/aromatic N) is 2. The summed E-state index contributed by atoms with van der Waals surface area (Å²) in [5.41, 5.74) is 7.69. The number of amides is 1. The fraction of sp³-hybridized carbons (Fsp3) is 0.545. The topological polar surface area (TPSA) is 72.9 Å². The first-order chi connectivity index (χ1) is 7.88. The van der Waals surface area contributed by atoms with E-state index in [1.54, 1.807) is 4.68 Å². The molecule has 0 fully saturated rings. The summed E-state index contributed by atoms with van der Waals surface area (Å²) in [5.74, 6) is -0.173. The molecule has 0 aliphatic rings. The normalized spacial score (nSPS) is 12.2. The van der Waals surface area contributed by atoms with Crippen molar-refractivity contribution >= 4 is 23.1 Å². The maximum Gasteiger partial charge on any atom is 0.255 e. The summed E-state index contributed by atoms with van der Waals surface area (Å²) in [7, 11) is 1.81. The molecule has 1 unspecified atom stereocenters. The molecule has 0 spiro atoms. The molecule has 1 amide bonds. The number of carbonyl (C=O) groups excluding carboxylic acids is 1. The average molecular weight is 254 g/mol. The Balaban J connectivity index is 2.94. The lowest BCUT2D eigenvalue weighted by molar-refractivity contribution is 0.0945. The monoisotopic (exact) mass is 254 g/mol. The largest absolute Gasteiger partial charge is 0.392 e. The van der Waals surface area contributed by atoms with Crippen molar-refractivity contribution in [1.29, 1.82) is 0 Å². The van der Waals surface area contributed by atoms with Gasteiger partial charge < -0.3 is 11.1 Å². The van der Waals surface area contributed by atoms with Crippen molar-refractivity contribution in [1.82, 2.24) is 15.1 Å². The van der Waals surface area contributed by atoms with Gasteiger partial charge in [-0.3, -0.25) is 9.48 Å². The van der Waals surface area contributed by atoms with Gasteiger partial charge in [-0.1, -0.05) is 19.1 Å². The second-order valence-corrected chi connectivity index (χ2v) is 4.48. The van der Waals surface area contributed by atoms with Gasteiger partial charge in [0.1, 0.15) is 0 Å². The Kier molecular flexibility index (Phi) is 4.22. The zero-order chi connectivity index (χ0) is 13.2. The molecule has 1 aromatic rings. The van der Waals surface area contributed by atoms with Crippen molar-refractivity contribution in [2.24, 2.45) is 12.8 Å². The third-order valence-electron chi connectivity index (χ3n) is 2.79. The third-order valence-corrected chi connectivity index (χ3v) is 3.08. The summed E-state index contributed by atoms with van der Waals surface area (Å²) in [6.07, 6.45) is 0.680. The van der Waals surface area contributed by atoms with E-state index in [-0.39, 0.29) is 11.9 Å². The highest BCUT2D eigenvalue weighted by Gasteiger charge is 2.20. The molecule has 1 rings (SSSR count). The maximum absolute atomic E-state index is 12.1. The number of nitrogens with one attached hydrogen (secondary N) is 1. The van der Waals surface area contributed by atoms with E-state index in [0.29, 0.717) is 22.7 Å². The van der Waals surface area contributed by atoms with Gasteiger partial charge in [-0.05, 0) is 20.3 Å². The molecule has 94 valence electrons. The van der Waals surface area contributed by atoms with Gasteiger partial charge in [0.05, 0.1) is 22.3 Å². The Morgan fingerprint density at radius 1 is 1.59 bits per heavy atom. The Bertz CT molecular complexity index is 453. The van der Waals surface area contributed by atoms with Crippen LogP contribution in [-0.4, -0.2) is 26.7 Å². The quantitative estimate of drug-likeness (QED) is 0.781. The first-order valence-corrected chi connectivity index (χ1v) is 5.89. The lowest BCUT2D eigenvalue weighted by Gasteiger charge is -2.15. The molecule has 1 atom stereocenters. The number of thiocarbonyl (C=S) groups is 1. The van der Waals surface area contributed by atoms with Crippen LogP contribution in [0.25, 0.3) is 0 Å². The van der Waals surface area contributed by atoms with E-state index in [4.69, 9.17) is 18.0 Å². The van der Waals surface area contributed by atoms with Crippen LogP contribution in [0.5, 0.6) is 0 Å². The van der Waals surface area contributed by atoms with Crippen LogP contribution in [0.1, 0.15) is 35.1 Å². The summed E-state index contributed by atoms with van der Waals surface area (Å²) < 4.78 is 1.69. The molecule has 0 aliphatic carbocycles. The number of rotatable bonds is 4. The number of carbonyl (C=O) groups is 1. The number of aromatic nitrogens is 2. The summed E-state index contributed by atoms with van der Waals surface area (Å²) in [6, 6.07) is -0.267. The van der Waals surface area contributed by atoms with E-state index in [1.807, 2.05) is 27.8 Å². The summed E-state index contributed by atoms with van der Waals surface area (Å²) in [4.78, 5) is 12.4. The molecule has 1 aromatic heterocycles. The molecule has 6 heteroatoms. The van der Waals surface area contributed by atoms with Crippen molar-refractivity contribution in [3.63, 3.8) is 0 Å². The molecule has 1 heterocycles. The molecular weight excluding hydrogens is 236 g/mol. The highest BCUT2D eigenvalue weighted by molar-refractivity contribution is 7.80. The van der Waals surface area contributed by atoms with E-state index in [2.05, 4.69) is 10.4 Å². The molecule has 0 saturated heterocycles. The highest BCUT2D eigenvalue weighted by Crippen LogP contribution is 2.12. The Morgan fingerprint density at radius 2 is 2.18 bits per heavy atom. The molecule has 5 nitrogen and oxygen atoms in total. The lowest BCUT2D eigenvalue weighted by atomic mass is 10.1.